The lowest BCUT2D eigenvalue weighted by molar-refractivity contribution is -0.129. The van der Waals surface area contributed by atoms with Crippen molar-refractivity contribution < 1.29 is 22.1 Å². The fraction of sp³-hybridized carbons (Fsp3) is 0. The maximum Gasteiger partial charge on any atom is 0.363 e. The summed E-state index contributed by atoms with van der Waals surface area (Å²) in [5, 5.41) is 0. The van der Waals surface area contributed by atoms with E-state index in [4.69, 9.17) is 8.92 Å². The second-order valence-electron chi connectivity index (χ2n) is 6.09. The molecule has 0 unspecified atom stereocenters. The number of esters is 1. The lowest BCUT2D eigenvalue weighted by atomic mass is 10.1. The number of para-hydroxylation sites is 1. The Labute approximate surface area is 167 Å². The Morgan fingerprint density at radius 2 is 1.45 bits per heavy atom. The van der Waals surface area contributed by atoms with E-state index >= 15 is 0 Å². The van der Waals surface area contributed by atoms with E-state index in [-0.39, 0.29) is 22.2 Å². The lowest BCUT2D eigenvalue weighted by Crippen LogP contribution is -2.10. The maximum absolute atomic E-state index is 12.5. The topological polar surface area (TPSA) is 82.0 Å². The number of hydrogen-bond acceptors (Lipinski definition) is 6. The first kappa shape index (κ1) is 18.6. The van der Waals surface area contributed by atoms with Crippen LogP contribution in [0.4, 0.5) is 0 Å². The summed E-state index contributed by atoms with van der Waals surface area (Å²) in [6, 6.07) is 23.3. The largest absolute Gasteiger partial charge is 0.402 e. The highest BCUT2D eigenvalue weighted by atomic mass is 32.2. The smallest absolute Gasteiger partial charge is 0.363 e. The van der Waals surface area contributed by atoms with Crippen LogP contribution in [0.25, 0.3) is 6.08 Å². The third kappa shape index (κ3) is 4.09. The summed E-state index contributed by atoms with van der Waals surface area (Å²) >= 11 is 0. The number of cyclic esters (lactones) is 1. The average Bonchev–Trinajstić information content (AvgIpc) is 3.11. The SMILES string of the molecule is O=C1OC(c2ccccc2)=N/C1=C\c1ccccc1OS(=O)(=O)c1ccccc1. The predicted octanol–water partition coefficient (Wildman–Crippen LogP) is 3.80. The molecule has 29 heavy (non-hydrogen) atoms. The number of carbonyl (C=O) groups is 1. The Balaban J connectivity index is 1.67. The standard InChI is InChI=1S/C22H15NO5S/c24-22-19(23-21(27-22)16-9-3-1-4-10-16)15-17-11-7-8-14-20(17)28-29(25,26)18-12-5-2-6-13-18/h1-15H/b19-15-. The van der Waals surface area contributed by atoms with Gasteiger partial charge in [0.2, 0.25) is 5.90 Å². The predicted molar refractivity (Wildman–Crippen MR) is 108 cm³/mol. The van der Waals surface area contributed by atoms with Crippen LogP contribution in [0.15, 0.2) is 101 Å². The summed E-state index contributed by atoms with van der Waals surface area (Å²) in [4.78, 5) is 16.5. The van der Waals surface area contributed by atoms with Crippen LogP contribution in [-0.2, 0) is 19.6 Å². The molecule has 1 heterocycles. The average molecular weight is 405 g/mol. The molecule has 1 aliphatic heterocycles. The van der Waals surface area contributed by atoms with Crippen molar-refractivity contribution in [3.8, 4) is 5.75 Å². The summed E-state index contributed by atoms with van der Waals surface area (Å²) in [6.45, 7) is 0. The first-order chi connectivity index (χ1) is 14.0. The first-order valence-electron chi connectivity index (χ1n) is 8.69. The van der Waals surface area contributed by atoms with E-state index in [1.807, 2.05) is 18.2 Å². The van der Waals surface area contributed by atoms with E-state index < -0.39 is 16.1 Å². The molecule has 144 valence electrons. The molecule has 0 saturated heterocycles. The van der Waals surface area contributed by atoms with Crippen LogP contribution >= 0.6 is 0 Å². The van der Waals surface area contributed by atoms with E-state index in [0.29, 0.717) is 11.1 Å². The van der Waals surface area contributed by atoms with Crippen molar-refractivity contribution in [3.63, 3.8) is 0 Å². The van der Waals surface area contributed by atoms with Crippen LogP contribution in [0.2, 0.25) is 0 Å². The number of benzene rings is 3. The minimum atomic E-state index is -4.02. The molecule has 0 aliphatic carbocycles. The highest BCUT2D eigenvalue weighted by Gasteiger charge is 2.25. The Hall–Kier alpha value is -3.71. The van der Waals surface area contributed by atoms with Gasteiger partial charge in [-0.1, -0.05) is 54.6 Å². The van der Waals surface area contributed by atoms with E-state index in [1.54, 1.807) is 48.5 Å². The fourth-order valence-corrected chi connectivity index (χ4v) is 3.66. The van der Waals surface area contributed by atoms with Crippen molar-refractivity contribution in [1.29, 1.82) is 0 Å². The summed E-state index contributed by atoms with van der Waals surface area (Å²) in [6.07, 6.45) is 1.44. The van der Waals surface area contributed by atoms with Crippen molar-refractivity contribution in [2.45, 2.75) is 4.90 Å². The van der Waals surface area contributed by atoms with Gasteiger partial charge in [0, 0.05) is 11.1 Å². The second kappa shape index (κ2) is 7.73. The molecule has 0 atom stereocenters. The van der Waals surface area contributed by atoms with Crippen LogP contribution in [0.3, 0.4) is 0 Å². The second-order valence-corrected chi connectivity index (χ2v) is 7.64. The third-order valence-corrected chi connectivity index (χ3v) is 5.33. The van der Waals surface area contributed by atoms with Crippen LogP contribution in [0, 0.1) is 0 Å². The molecule has 0 fully saturated rings. The summed E-state index contributed by atoms with van der Waals surface area (Å²) < 4.78 is 35.6. The number of aliphatic imine (C=N–C) groups is 1. The van der Waals surface area contributed by atoms with Crippen LogP contribution in [0.1, 0.15) is 11.1 Å². The zero-order chi connectivity index (χ0) is 20.3. The number of carbonyl (C=O) groups excluding carboxylic acids is 1. The summed E-state index contributed by atoms with van der Waals surface area (Å²) in [7, 11) is -4.02. The zero-order valence-electron chi connectivity index (χ0n) is 15.1. The molecular weight excluding hydrogens is 390 g/mol. The number of rotatable bonds is 5. The van der Waals surface area contributed by atoms with Gasteiger partial charge in [0.15, 0.2) is 5.70 Å². The molecule has 3 aromatic carbocycles. The molecular formula is C22H15NO5S. The molecule has 3 aromatic rings. The van der Waals surface area contributed by atoms with Crippen molar-refractivity contribution in [2.24, 2.45) is 4.99 Å². The molecule has 0 N–H and O–H groups in total. The van der Waals surface area contributed by atoms with Gasteiger partial charge in [-0.15, -0.1) is 0 Å². The summed E-state index contributed by atoms with van der Waals surface area (Å²) in [5.41, 5.74) is 1.11. The van der Waals surface area contributed by atoms with E-state index in [2.05, 4.69) is 4.99 Å². The Morgan fingerprint density at radius 1 is 0.828 bits per heavy atom. The molecule has 0 saturated carbocycles. The zero-order valence-corrected chi connectivity index (χ0v) is 15.9. The Bertz CT molecular complexity index is 1220. The monoisotopic (exact) mass is 405 g/mol. The van der Waals surface area contributed by atoms with Gasteiger partial charge < -0.3 is 8.92 Å². The van der Waals surface area contributed by atoms with Crippen LogP contribution < -0.4 is 4.18 Å². The normalized spacial score (nSPS) is 15.1. The quantitative estimate of drug-likeness (QED) is 0.366. The van der Waals surface area contributed by atoms with E-state index in [0.717, 1.165) is 0 Å². The van der Waals surface area contributed by atoms with E-state index in [1.165, 1.54) is 24.3 Å². The van der Waals surface area contributed by atoms with Crippen molar-refractivity contribution >= 4 is 28.1 Å². The third-order valence-electron chi connectivity index (χ3n) is 4.08. The highest BCUT2D eigenvalue weighted by Crippen LogP contribution is 2.27. The molecule has 7 heteroatoms. The lowest BCUT2D eigenvalue weighted by Gasteiger charge is -2.09. The van der Waals surface area contributed by atoms with Crippen LogP contribution in [0.5, 0.6) is 5.75 Å². The molecule has 0 radical (unpaired) electrons. The van der Waals surface area contributed by atoms with Gasteiger partial charge in [-0.3, -0.25) is 0 Å². The van der Waals surface area contributed by atoms with Crippen molar-refractivity contribution in [1.82, 2.24) is 0 Å². The van der Waals surface area contributed by atoms with Crippen molar-refractivity contribution in [2.75, 3.05) is 0 Å². The molecule has 4 rings (SSSR count). The highest BCUT2D eigenvalue weighted by molar-refractivity contribution is 7.87. The molecule has 6 nitrogen and oxygen atoms in total. The minimum Gasteiger partial charge on any atom is -0.402 e. The van der Waals surface area contributed by atoms with Gasteiger partial charge in [-0.25, -0.2) is 9.79 Å². The Kier molecular flexibility index (Phi) is 4.97. The van der Waals surface area contributed by atoms with Gasteiger partial charge in [0.1, 0.15) is 10.6 Å². The first-order valence-corrected chi connectivity index (χ1v) is 10.1. The van der Waals surface area contributed by atoms with Gasteiger partial charge in [0.25, 0.3) is 0 Å². The van der Waals surface area contributed by atoms with Gasteiger partial charge in [-0.05, 0) is 36.4 Å². The number of hydrogen-bond donors (Lipinski definition) is 0. The van der Waals surface area contributed by atoms with E-state index in [9.17, 15) is 13.2 Å². The van der Waals surface area contributed by atoms with Gasteiger partial charge in [-0.2, -0.15) is 8.42 Å². The fourth-order valence-electron chi connectivity index (χ4n) is 2.69. The molecule has 0 amide bonds. The number of nitrogens with zero attached hydrogens (tertiary/aromatic N) is 1. The van der Waals surface area contributed by atoms with Crippen molar-refractivity contribution in [3.05, 3.63) is 102 Å². The minimum absolute atomic E-state index is 0.0344. The molecule has 0 spiro atoms. The van der Waals surface area contributed by atoms with Crippen LogP contribution in [-0.4, -0.2) is 20.3 Å². The number of ether oxygens (including phenoxy) is 1. The summed E-state index contributed by atoms with van der Waals surface area (Å²) in [5.74, 6) is -0.346. The van der Waals surface area contributed by atoms with Gasteiger partial charge in [0.05, 0.1) is 0 Å². The molecule has 0 aromatic heterocycles. The molecule has 0 bridgehead atoms. The van der Waals surface area contributed by atoms with Gasteiger partial charge >= 0.3 is 16.1 Å². The Morgan fingerprint density at radius 3 is 2.17 bits per heavy atom. The molecule has 1 aliphatic rings. The maximum atomic E-state index is 12.5.